The minimum absolute atomic E-state index is 0.113. The number of thiol groups is 1. The third-order valence-corrected chi connectivity index (χ3v) is 4.05. The smallest absolute Gasteiger partial charge is 0.115 e. The Morgan fingerprint density at radius 3 is 3.00 bits per heavy atom. The first kappa shape index (κ1) is 8.82. The number of nitrogens with zero attached hydrogens (tertiary/aromatic N) is 1. The molecule has 2 rings (SSSR count). The molecule has 2 fully saturated rings. The first-order valence-electron chi connectivity index (χ1n) is 4.70. The lowest BCUT2D eigenvalue weighted by Crippen LogP contribution is -2.42. The van der Waals surface area contributed by atoms with Gasteiger partial charge in [0.05, 0.1) is 0 Å². The molecule has 0 radical (unpaired) electrons. The predicted octanol–water partition coefficient (Wildman–Crippen LogP) is 1.88. The summed E-state index contributed by atoms with van der Waals surface area (Å²) in [6, 6.07) is 0.567. The molecule has 12 heavy (non-hydrogen) atoms. The van der Waals surface area contributed by atoms with E-state index in [1.807, 2.05) is 0 Å². The van der Waals surface area contributed by atoms with E-state index in [4.69, 9.17) is 0 Å². The van der Waals surface area contributed by atoms with E-state index in [0.717, 1.165) is 12.2 Å². The second-order valence-corrected chi connectivity index (χ2v) is 4.54. The van der Waals surface area contributed by atoms with Crippen LogP contribution < -0.4 is 0 Å². The number of hydrogen-bond acceptors (Lipinski definition) is 2. The van der Waals surface area contributed by atoms with E-state index >= 15 is 0 Å². The molecule has 3 atom stereocenters. The summed E-state index contributed by atoms with van der Waals surface area (Å²) in [5.74, 6) is 0.817. The van der Waals surface area contributed by atoms with Crippen molar-refractivity contribution in [3.63, 3.8) is 0 Å². The number of halogens is 1. The largest absolute Gasteiger partial charge is 0.291 e. The fraction of sp³-hybridized carbons (Fsp3) is 1.00. The summed E-state index contributed by atoms with van der Waals surface area (Å²) in [4.78, 5) is 2.32. The molecule has 70 valence electrons. The van der Waals surface area contributed by atoms with Crippen molar-refractivity contribution in [2.24, 2.45) is 0 Å². The fourth-order valence-electron chi connectivity index (χ4n) is 2.76. The van der Waals surface area contributed by atoms with Crippen LogP contribution in [0.25, 0.3) is 0 Å². The highest BCUT2D eigenvalue weighted by atomic mass is 32.1. The Morgan fingerprint density at radius 1 is 1.67 bits per heavy atom. The van der Waals surface area contributed by atoms with Crippen molar-refractivity contribution in [1.29, 1.82) is 0 Å². The summed E-state index contributed by atoms with van der Waals surface area (Å²) in [6.07, 6.45) is 2.45. The van der Waals surface area contributed by atoms with Crippen molar-refractivity contribution in [2.75, 3.05) is 12.3 Å². The normalized spacial score (nSPS) is 48.2. The van der Waals surface area contributed by atoms with E-state index in [-0.39, 0.29) is 5.54 Å². The molecule has 2 aliphatic rings. The minimum atomic E-state index is -0.611. The van der Waals surface area contributed by atoms with E-state index in [0.29, 0.717) is 19.0 Å². The minimum Gasteiger partial charge on any atom is -0.291 e. The van der Waals surface area contributed by atoms with E-state index in [2.05, 4.69) is 24.5 Å². The number of fused-ring (bicyclic) bond motifs is 1. The van der Waals surface area contributed by atoms with Crippen LogP contribution in [0.5, 0.6) is 0 Å². The van der Waals surface area contributed by atoms with Crippen molar-refractivity contribution in [2.45, 2.75) is 43.9 Å². The molecule has 0 aromatic carbocycles. The van der Waals surface area contributed by atoms with Gasteiger partial charge in [0.1, 0.15) is 6.17 Å². The molecule has 1 nitrogen and oxygen atoms in total. The monoisotopic (exact) mass is 189 g/mol. The van der Waals surface area contributed by atoms with Crippen molar-refractivity contribution in [3.8, 4) is 0 Å². The molecular formula is C9H16FNS. The lowest BCUT2D eigenvalue weighted by Gasteiger charge is -2.31. The number of rotatable bonds is 1. The van der Waals surface area contributed by atoms with E-state index < -0.39 is 6.17 Å². The molecule has 0 amide bonds. The van der Waals surface area contributed by atoms with E-state index in [9.17, 15) is 4.39 Å². The standard InChI is InChI=1S/C9H16FNS/c1-7-2-3-9(6-12)4-8(10)5-11(7)9/h7-8,12H,2-6H2,1H3. The van der Waals surface area contributed by atoms with Crippen LogP contribution in [-0.2, 0) is 0 Å². The van der Waals surface area contributed by atoms with Crippen LogP contribution in [0.4, 0.5) is 4.39 Å². The topological polar surface area (TPSA) is 3.24 Å². The molecule has 2 saturated heterocycles. The van der Waals surface area contributed by atoms with Gasteiger partial charge in [-0.2, -0.15) is 12.6 Å². The summed E-state index contributed by atoms with van der Waals surface area (Å²) in [5, 5.41) is 0. The maximum Gasteiger partial charge on any atom is 0.115 e. The van der Waals surface area contributed by atoms with Gasteiger partial charge in [-0.05, 0) is 26.2 Å². The van der Waals surface area contributed by atoms with E-state index in [1.165, 1.54) is 6.42 Å². The van der Waals surface area contributed by atoms with Crippen LogP contribution in [0.15, 0.2) is 0 Å². The van der Waals surface area contributed by atoms with Gasteiger partial charge in [0.2, 0.25) is 0 Å². The highest BCUT2D eigenvalue weighted by molar-refractivity contribution is 7.80. The van der Waals surface area contributed by atoms with E-state index in [1.54, 1.807) is 0 Å². The van der Waals surface area contributed by atoms with Crippen molar-refractivity contribution < 1.29 is 4.39 Å². The van der Waals surface area contributed by atoms with Crippen LogP contribution in [0.2, 0.25) is 0 Å². The molecule has 0 saturated carbocycles. The molecule has 2 aliphatic heterocycles. The first-order chi connectivity index (χ1) is 5.68. The van der Waals surface area contributed by atoms with Gasteiger partial charge in [-0.3, -0.25) is 4.90 Å². The summed E-state index contributed by atoms with van der Waals surface area (Å²) in [7, 11) is 0. The molecular weight excluding hydrogens is 173 g/mol. The predicted molar refractivity (Wildman–Crippen MR) is 51.5 cm³/mol. The Balaban J connectivity index is 2.19. The van der Waals surface area contributed by atoms with Gasteiger partial charge >= 0.3 is 0 Å². The molecule has 3 heteroatoms. The molecule has 2 heterocycles. The molecule has 0 bridgehead atoms. The Morgan fingerprint density at radius 2 is 2.42 bits per heavy atom. The molecule has 0 spiro atoms. The molecule has 0 aromatic heterocycles. The molecule has 0 aliphatic carbocycles. The Labute approximate surface area is 78.7 Å². The van der Waals surface area contributed by atoms with Gasteiger partial charge in [-0.25, -0.2) is 4.39 Å². The maximum atomic E-state index is 13.2. The second kappa shape index (κ2) is 2.88. The fourth-order valence-corrected chi connectivity index (χ4v) is 3.23. The summed E-state index contributed by atoms with van der Waals surface area (Å²) >= 11 is 4.35. The highest BCUT2D eigenvalue weighted by Gasteiger charge is 2.50. The third kappa shape index (κ3) is 1.10. The Kier molecular flexibility index (Phi) is 2.11. The van der Waals surface area contributed by atoms with Crippen LogP contribution in [0, 0.1) is 0 Å². The second-order valence-electron chi connectivity index (χ2n) is 4.22. The average Bonchev–Trinajstić information content (AvgIpc) is 2.51. The molecule has 0 N–H and O–H groups in total. The summed E-state index contributed by atoms with van der Waals surface area (Å²) in [5.41, 5.74) is 0.113. The lowest BCUT2D eigenvalue weighted by atomic mass is 9.96. The zero-order valence-corrected chi connectivity index (χ0v) is 8.36. The van der Waals surface area contributed by atoms with Crippen LogP contribution in [0.1, 0.15) is 26.2 Å². The summed E-state index contributed by atoms with van der Waals surface area (Å²) < 4.78 is 13.2. The quantitative estimate of drug-likeness (QED) is 0.616. The van der Waals surface area contributed by atoms with Crippen molar-refractivity contribution >= 4 is 12.6 Å². The zero-order chi connectivity index (χ0) is 8.77. The van der Waals surface area contributed by atoms with Gasteiger partial charge in [0.15, 0.2) is 0 Å². The highest BCUT2D eigenvalue weighted by Crippen LogP contribution is 2.43. The van der Waals surface area contributed by atoms with Gasteiger partial charge in [0.25, 0.3) is 0 Å². The summed E-state index contributed by atoms with van der Waals surface area (Å²) in [6.45, 7) is 2.84. The van der Waals surface area contributed by atoms with Crippen LogP contribution in [0.3, 0.4) is 0 Å². The first-order valence-corrected chi connectivity index (χ1v) is 5.33. The average molecular weight is 189 g/mol. The van der Waals surface area contributed by atoms with Crippen molar-refractivity contribution in [3.05, 3.63) is 0 Å². The van der Waals surface area contributed by atoms with Gasteiger partial charge in [-0.15, -0.1) is 0 Å². The third-order valence-electron chi connectivity index (χ3n) is 3.46. The Bertz CT molecular complexity index is 187. The van der Waals surface area contributed by atoms with Crippen molar-refractivity contribution in [1.82, 2.24) is 4.90 Å². The zero-order valence-electron chi connectivity index (χ0n) is 7.46. The number of alkyl halides is 1. The molecule has 3 unspecified atom stereocenters. The van der Waals surface area contributed by atoms with Gasteiger partial charge in [-0.1, -0.05) is 0 Å². The lowest BCUT2D eigenvalue weighted by molar-refractivity contribution is 0.178. The van der Waals surface area contributed by atoms with Crippen LogP contribution >= 0.6 is 12.6 Å². The van der Waals surface area contributed by atoms with Gasteiger partial charge in [0, 0.05) is 23.9 Å². The van der Waals surface area contributed by atoms with Gasteiger partial charge < -0.3 is 0 Å². The van der Waals surface area contributed by atoms with Crippen LogP contribution in [-0.4, -0.2) is 34.9 Å². The number of hydrogen-bond donors (Lipinski definition) is 1. The maximum absolute atomic E-state index is 13.2. The Hall–Kier alpha value is 0.240. The molecule has 0 aromatic rings. The SMILES string of the molecule is CC1CCC2(CS)CC(F)CN12.